The first-order valence-electron chi connectivity index (χ1n) is 40.5. The third kappa shape index (κ3) is 72.2. The number of rotatable bonds is 77. The van der Waals surface area contributed by atoms with Gasteiger partial charge in [-0.15, -0.1) is 0 Å². The van der Waals surface area contributed by atoms with Gasteiger partial charge in [0.15, 0.2) is 12.2 Å². The molecule has 0 aliphatic rings. The van der Waals surface area contributed by atoms with E-state index in [1.165, 1.54) is 225 Å². The number of carbonyl (C=O) groups excluding carboxylic acids is 4. The summed E-state index contributed by atoms with van der Waals surface area (Å²) in [4.78, 5) is 72.9. The fourth-order valence-corrected chi connectivity index (χ4v) is 13.6. The number of phosphoric ester groups is 2. The molecular weight excluding hydrogens is 1270 g/mol. The molecule has 19 heteroatoms. The summed E-state index contributed by atoms with van der Waals surface area (Å²) in [6, 6.07) is 0. The molecule has 0 saturated carbocycles. The van der Waals surface area contributed by atoms with E-state index in [0.717, 1.165) is 102 Å². The SMILES string of the molecule is CCCCCCCCCCCCCCCCCCCCC(=O)O[C@H](COC(=O)CCCCCCCCCCCCCCCC(C)C)COP(=O)(O)OC[C@@H](O)COP(=O)(O)OC[C@@H](COC(=O)CCCCCCCCCCCCC)OC(=O)CCCCCCCCCCCC(C)C. The monoisotopic (exact) mass is 1420 g/mol. The van der Waals surface area contributed by atoms with E-state index in [-0.39, 0.29) is 25.7 Å². The van der Waals surface area contributed by atoms with Crippen molar-refractivity contribution in [2.45, 2.75) is 426 Å². The first-order valence-corrected chi connectivity index (χ1v) is 43.5. The van der Waals surface area contributed by atoms with E-state index in [2.05, 4.69) is 41.5 Å². The maximum Gasteiger partial charge on any atom is 0.472 e. The second-order valence-corrected chi connectivity index (χ2v) is 32.0. The third-order valence-electron chi connectivity index (χ3n) is 18.2. The van der Waals surface area contributed by atoms with Crippen molar-refractivity contribution in [2.75, 3.05) is 39.6 Å². The fraction of sp³-hybridized carbons (Fsp3) is 0.949. The molecule has 0 bridgehead atoms. The molecule has 0 spiro atoms. The molecule has 0 aromatic heterocycles. The molecular formula is C78H152O17P2. The molecule has 0 radical (unpaired) electrons. The Bertz CT molecular complexity index is 1870. The van der Waals surface area contributed by atoms with Crippen LogP contribution < -0.4 is 0 Å². The molecule has 0 heterocycles. The number of hydrogen-bond acceptors (Lipinski definition) is 15. The van der Waals surface area contributed by atoms with Crippen LogP contribution in [0.5, 0.6) is 0 Å². The van der Waals surface area contributed by atoms with Gasteiger partial charge in [-0.05, 0) is 37.5 Å². The molecule has 0 aromatic carbocycles. The predicted octanol–water partition coefficient (Wildman–Crippen LogP) is 23.1. The summed E-state index contributed by atoms with van der Waals surface area (Å²) >= 11 is 0. The molecule has 0 aromatic rings. The second-order valence-electron chi connectivity index (χ2n) is 29.1. The van der Waals surface area contributed by atoms with Gasteiger partial charge in [0.2, 0.25) is 0 Å². The van der Waals surface area contributed by atoms with Gasteiger partial charge in [-0.25, -0.2) is 9.13 Å². The minimum atomic E-state index is -4.96. The van der Waals surface area contributed by atoms with Crippen LogP contribution in [0.4, 0.5) is 0 Å². The zero-order chi connectivity index (χ0) is 71.4. The fourth-order valence-electron chi connectivity index (χ4n) is 12.0. The normalized spacial score (nSPS) is 14.0. The van der Waals surface area contributed by atoms with Crippen LogP contribution in [0.3, 0.4) is 0 Å². The van der Waals surface area contributed by atoms with Crippen LogP contribution in [0, 0.1) is 11.8 Å². The summed E-state index contributed by atoms with van der Waals surface area (Å²) in [5.74, 6) is -0.584. The molecule has 97 heavy (non-hydrogen) atoms. The van der Waals surface area contributed by atoms with Crippen LogP contribution in [0.15, 0.2) is 0 Å². The number of hydrogen-bond donors (Lipinski definition) is 3. The van der Waals surface area contributed by atoms with Crippen LogP contribution in [-0.4, -0.2) is 96.7 Å². The van der Waals surface area contributed by atoms with Gasteiger partial charge in [0, 0.05) is 25.7 Å². The number of aliphatic hydroxyl groups excluding tert-OH is 1. The Morgan fingerprint density at radius 2 is 0.474 bits per heavy atom. The standard InChI is InChI=1S/C78H152O17P2/c1-7-9-11-13-15-17-19-20-21-22-23-24-27-32-38-44-50-56-62-77(82)94-73(66-89-76(81)61-55-49-43-37-31-28-25-26-30-34-40-46-52-58-70(3)4)68-92-96(84,85)90-64-72(79)65-91-97(86,87)93-69-74(67-88-75(80)60-54-48-42-36-29-18-16-14-12-10-8-2)95-78(83)63-57-51-45-39-33-35-41-47-53-59-71(5)6/h70-74,79H,7-69H2,1-6H3,(H,84,85)(H,86,87)/t72-,73-,74-/m1/s1. The number of esters is 4. The molecule has 576 valence electrons. The third-order valence-corrected chi connectivity index (χ3v) is 20.1. The number of carbonyl (C=O) groups is 4. The van der Waals surface area contributed by atoms with Gasteiger partial charge in [-0.1, -0.05) is 356 Å². The van der Waals surface area contributed by atoms with E-state index >= 15 is 0 Å². The lowest BCUT2D eigenvalue weighted by atomic mass is 10.0. The summed E-state index contributed by atoms with van der Waals surface area (Å²) in [5.41, 5.74) is 0. The highest BCUT2D eigenvalue weighted by atomic mass is 31.2. The lowest BCUT2D eigenvalue weighted by molar-refractivity contribution is -0.161. The zero-order valence-corrected chi connectivity index (χ0v) is 65.2. The van der Waals surface area contributed by atoms with Gasteiger partial charge in [-0.3, -0.25) is 37.3 Å². The Labute approximate surface area is 594 Å². The molecule has 5 atom stereocenters. The zero-order valence-electron chi connectivity index (χ0n) is 63.4. The smallest absolute Gasteiger partial charge is 0.462 e. The molecule has 0 fully saturated rings. The van der Waals surface area contributed by atoms with Crippen molar-refractivity contribution in [1.82, 2.24) is 0 Å². The Morgan fingerprint density at radius 3 is 0.701 bits per heavy atom. The quantitative estimate of drug-likeness (QED) is 0.0222. The topological polar surface area (TPSA) is 237 Å². The van der Waals surface area contributed by atoms with Crippen molar-refractivity contribution in [1.29, 1.82) is 0 Å². The summed E-state index contributed by atoms with van der Waals surface area (Å²) < 4.78 is 68.6. The Morgan fingerprint density at radius 1 is 0.278 bits per heavy atom. The number of phosphoric acid groups is 2. The number of ether oxygens (including phenoxy) is 4. The van der Waals surface area contributed by atoms with E-state index in [9.17, 15) is 43.2 Å². The van der Waals surface area contributed by atoms with E-state index in [1.807, 2.05) is 0 Å². The lowest BCUT2D eigenvalue weighted by Crippen LogP contribution is -2.30. The predicted molar refractivity (Wildman–Crippen MR) is 395 cm³/mol. The largest absolute Gasteiger partial charge is 0.472 e. The lowest BCUT2D eigenvalue weighted by Gasteiger charge is -2.21. The molecule has 0 rings (SSSR count). The highest BCUT2D eigenvalue weighted by molar-refractivity contribution is 7.47. The molecule has 0 aliphatic carbocycles. The van der Waals surface area contributed by atoms with Gasteiger partial charge in [-0.2, -0.15) is 0 Å². The Balaban J connectivity index is 5.24. The first-order chi connectivity index (χ1) is 46.9. The molecule has 17 nitrogen and oxygen atoms in total. The van der Waals surface area contributed by atoms with Crippen molar-refractivity contribution in [3.63, 3.8) is 0 Å². The minimum absolute atomic E-state index is 0.106. The van der Waals surface area contributed by atoms with Crippen molar-refractivity contribution >= 4 is 39.5 Å². The minimum Gasteiger partial charge on any atom is -0.462 e. The molecule has 0 saturated heterocycles. The molecule has 0 amide bonds. The maximum absolute atomic E-state index is 13.1. The van der Waals surface area contributed by atoms with E-state index in [4.69, 9.17) is 37.0 Å². The summed E-state index contributed by atoms with van der Waals surface area (Å²) in [7, 11) is -9.91. The van der Waals surface area contributed by atoms with Gasteiger partial charge >= 0.3 is 39.5 Å². The average molecular weight is 1420 g/mol. The van der Waals surface area contributed by atoms with Crippen LogP contribution in [-0.2, 0) is 65.4 Å². The van der Waals surface area contributed by atoms with Crippen molar-refractivity contribution in [3.05, 3.63) is 0 Å². The highest BCUT2D eigenvalue weighted by Crippen LogP contribution is 2.45. The van der Waals surface area contributed by atoms with Gasteiger partial charge in [0.05, 0.1) is 26.4 Å². The number of unbranched alkanes of at least 4 members (excludes halogenated alkanes) is 47. The van der Waals surface area contributed by atoms with Crippen LogP contribution in [0.2, 0.25) is 0 Å². The summed E-state index contributed by atoms with van der Waals surface area (Å²) in [6.45, 7) is 9.61. The second kappa shape index (κ2) is 69.8. The van der Waals surface area contributed by atoms with Crippen LogP contribution in [0.1, 0.15) is 408 Å². The number of aliphatic hydroxyl groups is 1. The first kappa shape index (κ1) is 95.1. The van der Waals surface area contributed by atoms with E-state index in [1.54, 1.807) is 0 Å². The van der Waals surface area contributed by atoms with E-state index < -0.39 is 97.5 Å². The van der Waals surface area contributed by atoms with Crippen LogP contribution >= 0.6 is 15.6 Å². The van der Waals surface area contributed by atoms with E-state index in [0.29, 0.717) is 25.7 Å². The van der Waals surface area contributed by atoms with Crippen molar-refractivity contribution in [2.24, 2.45) is 11.8 Å². The molecule has 3 N–H and O–H groups in total. The maximum atomic E-state index is 13.1. The van der Waals surface area contributed by atoms with Crippen molar-refractivity contribution in [3.8, 4) is 0 Å². The summed E-state index contributed by atoms with van der Waals surface area (Å²) in [5, 5.41) is 10.6. The highest BCUT2D eigenvalue weighted by Gasteiger charge is 2.30. The summed E-state index contributed by atoms with van der Waals surface area (Å²) in [6.07, 6.45) is 58.2. The Hall–Kier alpha value is -1.94. The Kier molecular flexibility index (Phi) is 68.4. The van der Waals surface area contributed by atoms with Gasteiger partial charge in [0.1, 0.15) is 19.3 Å². The average Bonchev–Trinajstić information content (AvgIpc) is 1.02. The van der Waals surface area contributed by atoms with Gasteiger partial charge < -0.3 is 33.8 Å². The van der Waals surface area contributed by atoms with Crippen LogP contribution in [0.25, 0.3) is 0 Å². The molecule has 0 aliphatic heterocycles. The molecule has 2 unspecified atom stereocenters. The van der Waals surface area contributed by atoms with Gasteiger partial charge in [0.25, 0.3) is 0 Å². The van der Waals surface area contributed by atoms with Crippen molar-refractivity contribution < 1.29 is 80.2 Å².